The molecular weight excluding hydrogens is 413 g/mol. The molecule has 1 atom stereocenters. The molecular formula is C21H15F3N4O3. The van der Waals surface area contributed by atoms with E-state index in [-0.39, 0.29) is 35.3 Å². The number of carbonyl (C=O) groups is 1. The van der Waals surface area contributed by atoms with Crippen molar-refractivity contribution >= 4 is 11.7 Å². The van der Waals surface area contributed by atoms with Gasteiger partial charge in [-0.3, -0.25) is 9.89 Å². The third-order valence-electron chi connectivity index (χ3n) is 4.92. The van der Waals surface area contributed by atoms with Gasteiger partial charge in [0.15, 0.2) is 17.3 Å². The number of nitrogens with one attached hydrogen (secondary N) is 2. The molecule has 4 rings (SSSR count). The number of carbonyl (C=O) groups excluding carboxylic acids is 1. The summed E-state index contributed by atoms with van der Waals surface area (Å²) in [4.78, 5) is 12.0. The molecule has 1 amide bonds. The Balaban J connectivity index is 1.70. The van der Waals surface area contributed by atoms with E-state index in [1.165, 1.54) is 19.2 Å². The number of aromatic amines is 1. The first-order chi connectivity index (χ1) is 14.8. The fraction of sp³-hybridized carbons (Fsp3) is 0.190. The smallest absolute Gasteiger partial charge is 0.420 e. The van der Waals surface area contributed by atoms with Gasteiger partial charge in [0.1, 0.15) is 5.75 Å². The second-order valence-electron chi connectivity index (χ2n) is 6.83. The van der Waals surface area contributed by atoms with Gasteiger partial charge in [0.2, 0.25) is 5.91 Å². The Bertz CT molecular complexity index is 1200. The number of ether oxygens (including phenoxy) is 2. The lowest BCUT2D eigenvalue weighted by molar-refractivity contribution is -0.138. The summed E-state index contributed by atoms with van der Waals surface area (Å²) in [5, 5.41) is 18.3. The van der Waals surface area contributed by atoms with E-state index in [9.17, 15) is 18.0 Å². The summed E-state index contributed by atoms with van der Waals surface area (Å²) in [6.45, 7) is 0. The molecule has 2 N–H and O–H groups in total. The van der Waals surface area contributed by atoms with Gasteiger partial charge < -0.3 is 14.8 Å². The van der Waals surface area contributed by atoms with Crippen LogP contribution in [0.3, 0.4) is 0 Å². The topological polar surface area (TPSA) is 100 Å². The van der Waals surface area contributed by atoms with E-state index < -0.39 is 17.5 Å². The van der Waals surface area contributed by atoms with Crippen LogP contribution in [0, 0.1) is 11.3 Å². The third-order valence-corrected chi connectivity index (χ3v) is 4.92. The molecule has 0 fully saturated rings. The lowest BCUT2D eigenvalue weighted by Crippen LogP contribution is -2.23. The Morgan fingerprint density at radius 1 is 1.16 bits per heavy atom. The van der Waals surface area contributed by atoms with Crippen molar-refractivity contribution in [3.05, 3.63) is 64.8 Å². The molecule has 2 heterocycles. The minimum Gasteiger partial charge on any atom is -0.493 e. The van der Waals surface area contributed by atoms with Crippen LogP contribution in [0.4, 0.5) is 19.0 Å². The zero-order chi connectivity index (χ0) is 22.2. The number of methoxy groups -OCH3 is 1. The number of hydrogen-bond donors (Lipinski definition) is 2. The van der Waals surface area contributed by atoms with Gasteiger partial charge in [-0.2, -0.15) is 23.5 Å². The molecule has 3 aromatic rings. The average molecular weight is 428 g/mol. The van der Waals surface area contributed by atoms with E-state index in [1.54, 1.807) is 24.4 Å². The van der Waals surface area contributed by atoms with Gasteiger partial charge in [0.05, 0.1) is 24.3 Å². The van der Waals surface area contributed by atoms with Gasteiger partial charge in [0, 0.05) is 24.1 Å². The summed E-state index contributed by atoms with van der Waals surface area (Å²) in [5.74, 6) is -0.248. The van der Waals surface area contributed by atoms with Crippen LogP contribution in [-0.2, 0) is 11.0 Å². The van der Waals surface area contributed by atoms with Gasteiger partial charge in [-0.1, -0.05) is 6.07 Å². The average Bonchev–Trinajstić information content (AvgIpc) is 3.21. The Kier molecular flexibility index (Phi) is 5.02. The molecule has 0 spiro atoms. The van der Waals surface area contributed by atoms with Crippen molar-refractivity contribution < 1.29 is 27.4 Å². The molecule has 0 bridgehead atoms. The van der Waals surface area contributed by atoms with E-state index >= 15 is 0 Å². The van der Waals surface area contributed by atoms with E-state index in [4.69, 9.17) is 14.7 Å². The normalized spacial score (nSPS) is 15.6. The number of nitrogens with zero attached hydrogens (tertiary/aromatic N) is 2. The number of benzene rings is 2. The van der Waals surface area contributed by atoms with Crippen LogP contribution in [0.2, 0.25) is 0 Å². The van der Waals surface area contributed by atoms with Crippen molar-refractivity contribution in [3.8, 4) is 23.3 Å². The van der Waals surface area contributed by atoms with Gasteiger partial charge in [-0.25, -0.2) is 0 Å². The molecule has 0 saturated carbocycles. The number of rotatable bonds is 4. The van der Waals surface area contributed by atoms with Crippen molar-refractivity contribution in [2.45, 2.75) is 18.5 Å². The van der Waals surface area contributed by atoms with Gasteiger partial charge in [-0.15, -0.1) is 0 Å². The Labute approximate surface area is 174 Å². The van der Waals surface area contributed by atoms with Crippen molar-refractivity contribution in [3.63, 3.8) is 0 Å². The number of halogens is 3. The predicted molar refractivity (Wildman–Crippen MR) is 103 cm³/mol. The van der Waals surface area contributed by atoms with Gasteiger partial charge in [-0.05, 0) is 35.9 Å². The first kappa shape index (κ1) is 20.3. The summed E-state index contributed by atoms with van der Waals surface area (Å²) >= 11 is 0. The van der Waals surface area contributed by atoms with E-state index in [0.29, 0.717) is 5.82 Å². The summed E-state index contributed by atoms with van der Waals surface area (Å²) < 4.78 is 51.2. The van der Waals surface area contributed by atoms with Crippen LogP contribution in [-0.4, -0.2) is 23.2 Å². The summed E-state index contributed by atoms with van der Waals surface area (Å²) in [6, 6.07) is 9.52. The summed E-state index contributed by atoms with van der Waals surface area (Å²) in [6.07, 6.45) is -2.84. The number of alkyl halides is 3. The summed E-state index contributed by atoms with van der Waals surface area (Å²) in [7, 11) is 1.37. The van der Waals surface area contributed by atoms with Crippen LogP contribution in [0.25, 0.3) is 0 Å². The molecule has 1 aliphatic heterocycles. The number of nitriles is 1. The zero-order valence-electron chi connectivity index (χ0n) is 16.1. The van der Waals surface area contributed by atoms with Crippen LogP contribution in [0.5, 0.6) is 17.2 Å². The third kappa shape index (κ3) is 3.90. The van der Waals surface area contributed by atoms with Crippen LogP contribution < -0.4 is 14.8 Å². The minimum absolute atomic E-state index is 0.0640. The molecule has 1 aliphatic rings. The monoisotopic (exact) mass is 428 g/mol. The molecule has 10 heteroatoms. The maximum absolute atomic E-state index is 13.4. The quantitative estimate of drug-likeness (QED) is 0.634. The first-order valence-electron chi connectivity index (χ1n) is 9.11. The van der Waals surface area contributed by atoms with Gasteiger partial charge >= 0.3 is 6.18 Å². The maximum atomic E-state index is 13.4. The SMILES string of the molecule is COc1cc(C2CC(=O)Nc3n[nH]cc32)ccc1Oc1ccc(C#N)cc1C(F)(F)F. The fourth-order valence-electron chi connectivity index (χ4n) is 3.45. The van der Waals surface area contributed by atoms with Gasteiger partial charge in [0.25, 0.3) is 0 Å². The highest BCUT2D eigenvalue weighted by Crippen LogP contribution is 2.43. The number of aromatic nitrogens is 2. The van der Waals surface area contributed by atoms with Crippen LogP contribution in [0.1, 0.15) is 34.6 Å². The highest BCUT2D eigenvalue weighted by molar-refractivity contribution is 5.94. The highest BCUT2D eigenvalue weighted by Gasteiger charge is 2.35. The molecule has 2 aromatic carbocycles. The molecule has 0 saturated heterocycles. The number of hydrogen-bond acceptors (Lipinski definition) is 5. The van der Waals surface area contributed by atoms with Crippen molar-refractivity contribution in [2.24, 2.45) is 0 Å². The molecule has 7 nitrogen and oxygen atoms in total. The van der Waals surface area contributed by atoms with E-state index in [1.807, 2.05) is 0 Å². The Morgan fingerprint density at radius 2 is 1.94 bits per heavy atom. The standard InChI is InChI=1S/C21H15F3N4O3/c1-30-18-7-12(13-8-19(29)27-20-14(13)10-26-28-20)3-5-17(18)31-16-4-2-11(9-25)6-15(16)21(22,23)24/h2-7,10,13H,8H2,1H3,(H2,26,27,28,29). The lowest BCUT2D eigenvalue weighted by atomic mass is 9.87. The van der Waals surface area contributed by atoms with Crippen LogP contribution >= 0.6 is 0 Å². The molecule has 31 heavy (non-hydrogen) atoms. The second-order valence-corrected chi connectivity index (χ2v) is 6.83. The Hall–Kier alpha value is -4.00. The number of anilines is 1. The van der Waals surface area contributed by atoms with Crippen LogP contribution in [0.15, 0.2) is 42.6 Å². The van der Waals surface area contributed by atoms with E-state index in [2.05, 4.69) is 15.5 Å². The summed E-state index contributed by atoms with van der Waals surface area (Å²) in [5.41, 5.74) is 0.317. The highest BCUT2D eigenvalue weighted by atomic mass is 19.4. The van der Waals surface area contributed by atoms with E-state index in [0.717, 1.165) is 23.3 Å². The van der Waals surface area contributed by atoms with Crippen molar-refractivity contribution in [1.29, 1.82) is 5.26 Å². The molecule has 0 radical (unpaired) electrons. The predicted octanol–water partition coefficient (Wildman–Crippen LogP) is 4.58. The Morgan fingerprint density at radius 3 is 2.65 bits per heavy atom. The molecule has 158 valence electrons. The largest absolute Gasteiger partial charge is 0.493 e. The fourth-order valence-corrected chi connectivity index (χ4v) is 3.45. The lowest BCUT2D eigenvalue weighted by Gasteiger charge is -2.23. The minimum atomic E-state index is -4.71. The second kappa shape index (κ2) is 7.68. The zero-order valence-corrected chi connectivity index (χ0v) is 16.1. The van der Waals surface area contributed by atoms with Crippen molar-refractivity contribution in [1.82, 2.24) is 10.2 Å². The molecule has 0 aliphatic carbocycles. The number of amides is 1. The number of fused-ring (bicyclic) bond motifs is 1. The molecule has 1 unspecified atom stereocenters. The maximum Gasteiger partial charge on any atom is 0.420 e. The first-order valence-corrected chi connectivity index (χ1v) is 9.11. The molecule has 1 aromatic heterocycles. The number of H-pyrrole nitrogens is 1. The van der Waals surface area contributed by atoms with Crippen molar-refractivity contribution in [2.75, 3.05) is 12.4 Å².